The highest BCUT2D eigenvalue weighted by Crippen LogP contribution is 2.29. The summed E-state index contributed by atoms with van der Waals surface area (Å²) in [6, 6.07) is 3.65. The van der Waals surface area contributed by atoms with E-state index in [-0.39, 0.29) is 18.8 Å². The molecule has 0 saturated carbocycles. The maximum absolute atomic E-state index is 13.2. The van der Waals surface area contributed by atoms with E-state index in [9.17, 15) is 13.7 Å². The molecule has 0 unspecified atom stereocenters. The number of esters is 1. The van der Waals surface area contributed by atoms with E-state index in [4.69, 9.17) is 4.74 Å². The predicted molar refractivity (Wildman–Crippen MR) is 89.1 cm³/mol. The third kappa shape index (κ3) is 5.87. The zero-order valence-corrected chi connectivity index (χ0v) is 15.5. The van der Waals surface area contributed by atoms with Crippen LogP contribution in [0.1, 0.15) is 45.7 Å². The molecule has 0 saturated heterocycles. The fourth-order valence-corrected chi connectivity index (χ4v) is 3.14. The molecular weight excluding hydrogens is 373 g/mol. The molecule has 0 aliphatic heterocycles. The summed E-state index contributed by atoms with van der Waals surface area (Å²) in [5.41, 5.74) is 0.659. The van der Waals surface area contributed by atoms with Crippen LogP contribution in [0.2, 0.25) is 0 Å². The number of ether oxygens (including phenoxy) is 1. The summed E-state index contributed by atoms with van der Waals surface area (Å²) in [5.74, 6) is -0.787. The molecule has 7 heteroatoms. The molecule has 1 aromatic carbocycles. The van der Waals surface area contributed by atoms with Crippen molar-refractivity contribution < 1.29 is 18.5 Å². The minimum atomic E-state index is -1.37. The summed E-state index contributed by atoms with van der Waals surface area (Å²) < 4.78 is 33.5. The van der Waals surface area contributed by atoms with Crippen LogP contribution in [0.4, 0.5) is 4.39 Å². The van der Waals surface area contributed by atoms with Crippen molar-refractivity contribution in [2.75, 3.05) is 6.61 Å². The summed E-state index contributed by atoms with van der Waals surface area (Å²) in [4.78, 5) is 11.8. The first kappa shape index (κ1) is 19.4. The number of carbonyl (C=O) groups excluding carboxylic acids is 1. The summed E-state index contributed by atoms with van der Waals surface area (Å²) in [5, 5.41) is 0. The van der Waals surface area contributed by atoms with E-state index in [0.717, 1.165) is 0 Å². The van der Waals surface area contributed by atoms with Crippen LogP contribution < -0.4 is 4.72 Å². The first-order valence-electron chi connectivity index (χ1n) is 6.93. The van der Waals surface area contributed by atoms with Crippen molar-refractivity contribution in [1.29, 1.82) is 0 Å². The lowest BCUT2D eigenvalue weighted by molar-refractivity contribution is -0.143. The SMILES string of the molecule is CCOC(=O)C[C@@H](N[S@@+]([O-])C(C)(C)C)c1ccc(F)cc1Br. The van der Waals surface area contributed by atoms with Gasteiger partial charge in [0, 0.05) is 15.8 Å². The molecule has 0 aromatic heterocycles. The van der Waals surface area contributed by atoms with Crippen molar-refractivity contribution in [3.63, 3.8) is 0 Å². The molecule has 0 spiro atoms. The van der Waals surface area contributed by atoms with Gasteiger partial charge in [0.1, 0.15) is 10.6 Å². The molecule has 1 N–H and O–H groups in total. The molecule has 0 radical (unpaired) electrons. The Hall–Kier alpha value is -0.630. The Morgan fingerprint density at radius 1 is 1.50 bits per heavy atom. The zero-order chi connectivity index (χ0) is 16.9. The number of halogens is 2. The lowest BCUT2D eigenvalue weighted by Gasteiger charge is -2.28. The highest BCUT2D eigenvalue weighted by molar-refractivity contribution is 9.10. The van der Waals surface area contributed by atoms with E-state index in [1.807, 2.05) is 20.8 Å². The Morgan fingerprint density at radius 3 is 2.64 bits per heavy atom. The van der Waals surface area contributed by atoms with E-state index in [1.54, 1.807) is 13.0 Å². The Bertz CT molecular complexity index is 522. The molecule has 0 fully saturated rings. The lowest BCUT2D eigenvalue weighted by atomic mass is 10.0. The van der Waals surface area contributed by atoms with Crippen molar-refractivity contribution in [1.82, 2.24) is 4.72 Å². The lowest BCUT2D eigenvalue weighted by Crippen LogP contribution is -2.42. The molecule has 124 valence electrons. The maximum Gasteiger partial charge on any atom is 0.307 e. The smallest absolute Gasteiger partial charge is 0.307 e. The highest BCUT2D eigenvalue weighted by Gasteiger charge is 2.31. The third-order valence-corrected chi connectivity index (χ3v) is 5.12. The van der Waals surface area contributed by atoms with Crippen LogP contribution in [0.25, 0.3) is 0 Å². The Morgan fingerprint density at radius 2 is 2.14 bits per heavy atom. The summed E-state index contributed by atoms with van der Waals surface area (Å²) in [6.45, 7) is 7.49. The van der Waals surface area contributed by atoms with Crippen LogP contribution in [0.5, 0.6) is 0 Å². The van der Waals surface area contributed by atoms with Crippen LogP contribution in [-0.2, 0) is 20.9 Å². The second-order valence-corrected chi connectivity index (χ2v) is 8.58. The molecule has 0 aliphatic carbocycles. The number of rotatable bonds is 6. The van der Waals surface area contributed by atoms with Gasteiger partial charge in [-0.25, -0.2) is 4.39 Å². The number of nitrogens with one attached hydrogen (secondary N) is 1. The fraction of sp³-hybridized carbons (Fsp3) is 0.533. The molecular formula is C15H21BrFNO3S. The van der Waals surface area contributed by atoms with E-state index in [1.165, 1.54) is 12.1 Å². The Labute approximate surface area is 142 Å². The minimum Gasteiger partial charge on any atom is -0.598 e. The molecule has 1 rings (SSSR count). The van der Waals surface area contributed by atoms with Crippen LogP contribution in [0.3, 0.4) is 0 Å². The maximum atomic E-state index is 13.2. The molecule has 22 heavy (non-hydrogen) atoms. The van der Waals surface area contributed by atoms with Crippen LogP contribution in [0, 0.1) is 5.82 Å². The van der Waals surface area contributed by atoms with Gasteiger partial charge < -0.3 is 9.29 Å². The second-order valence-electron chi connectivity index (χ2n) is 5.73. The average molecular weight is 394 g/mol. The minimum absolute atomic E-state index is 0.0138. The van der Waals surface area contributed by atoms with Gasteiger partial charge in [-0.3, -0.25) is 4.79 Å². The van der Waals surface area contributed by atoms with Crippen molar-refractivity contribution in [2.45, 2.75) is 44.9 Å². The van der Waals surface area contributed by atoms with Gasteiger partial charge in [0.05, 0.1) is 19.1 Å². The van der Waals surface area contributed by atoms with E-state index in [0.29, 0.717) is 10.0 Å². The molecule has 0 heterocycles. The molecule has 0 aliphatic rings. The van der Waals surface area contributed by atoms with Crippen molar-refractivity contribution >= 4 is 33.3 Å². The van der Waals surface area contributed by atoms with E-state index < -0.39 is 28.1 Å². The molecule has 0 amide bonds. The largest absolute Gasteiger partial charge is 0.598 e. The van der Waals surface area contributed by atoms with Gasteiger partial charge in [-0.15, -0.1) is 4.72 Å². The average Bonchev–Trinajstić information content (AvgIpc) is 2.37. The van der Waals surface area contributed by atoms with Crippen LogP contribution >= 0.6 is 15.9 Å². The van der Waals surface area contributed by atoms with Gasteiger partial charge in [-0.2, -0.15) is 0 Å². The molecule has 4 nitrogen and oxygen atoms in total. The summed E-state index contributed by atoms with van der Waals surface area (Å²) in [7, 11) is 0. The molecule has 2 atom stereocenters. The molecule has 1 aromatic rings. The van der Waals surface area contributed by atoms with Gasteiger partial charge >= 0.3 is 5.97 Å². The Balaban J connectivity index is 3.02. The first-order chi connectivity index (χ1) is 10.1. The van der Waals surface area contributed by atoms with Gasteiger partial charge in [0.15, 0.2) is 0 Å². The van der Waals surface area contributed by atoms with Crippen molar-refractivity contribution in [2.24, 2.45) is 0 Å². The first-order valence-corrected chi connectivity index (χ1v) is 8.88. The van der Waals surface area contributed by atoms with E-state index >= 15 is 0 Å². The van der Waals surface area contributed by atoms with Gasteiger partial charge in [0.2, 0.25) is 0 Å². The predicted octanol–water partition coefficient (Wildman–Crippen LogP) is 3.63. The fourth-order valence-electron chi connectivity index (χ4n) is 1.69. The van der Waals surface area contributed by atoms with E-state index in [2.05, 4.69) is 20.7 Å². The summed E-state index contributed by atoms with van der Waals surface area (Å²) in [6.07, 6.45) is 0.0138. The van der Waals surface area contributed by atoms with Crippen LogP contribution in [-0.4, -0.2) is 21.9 Å². The second kappa shape index (κ2) is 8.29. The normalized spacial score (nSPS) is 14.5. The highest BCUT2D eigenvalue weighted by atomic mass is 79.9. The zero-order valence-electron chi connectivity index (χ0n) is 13.1. The quantitative estimate of drug-likeness (QED) is 0.591. The van der Waals surface area contributed by atoms with Crippen molar-refractivity contribution in [3.05, 3.63) is 34.1 Å². The standard InChI is InChI=1S/C15H21BrFNO3S/c1-5-21-14(19)9-13(18-22(20)15(2,3)4)11-7-6-10(17)8-12(11)16/h6-8,13,18H,5,9H2,1-4H3/t13-,22+/m1/s1. The Kier molecular flexibility index (Phi) is 7.31. The number of benzene rings is 1. The number of hydrogen-bond donors (Lipinski definition) is 1. The summed E-state index contributed by atoms with van der Waals surface area (Å²) >= 11 is 1.91. The van der Waals surface area contributed by atoms with Crippen LogP contribution in [0.15, 0.2) is 22.7 Å². The van der Waals surface area contributed by atoms with Gasteiger partial charge in [-0.05, 0) is 45.4 Å². The topological polar surface area (TPSA) is 61.4 Å². The third-order valence-electron chi connectivity index (χ3n) is 2.82. The van der Waals surface area contributed by atoms with Crippen molar-refractivity contribution in [3.8, 4) is 0 Å². The van der Waals surface area contributed by atoms with Gasteiger partial charge in [0.25, 0.3) is 0 Å². The number of carbonyl (C=O) groups is 1. The van der Waals surface area contributed by atoms with Gasteiger partial charge in [-0.1, -0.05) is 22.0 Å². The molecule has 0 bridgehead atoms. The monoisotopic (exact) mass is 393 g/mol. The number of hydrogen-bond acceptors (Lipinski definition) is 4.